The number of rotatable bonds is 6. The van der Waals surface area contributed by atoms with E-state index in [2.05, 4.69) is 5.32 Å². The zero-order valence-electron chi connectivity index (χ0n) is 14.0. The third-order valence-corrected chi connectivity index (χ3v) is 3.71. The van der Waals surface area contributed by atoms with Gasteiger partial charge in [0.25, 0.3) is 0 Å². The molecule has 1 saturated heterocycles. The van der Waals surface area contributed by atoms with Crippen molar-refractivity contribution in [2.75, 3.05) is 19.8 Å². The number of esters is 1. The first-order valence-corrected chi connectivity index (χ1v) is 7.92. The molecule has 0 aromatic heterocycles. The molecule has 8 nitrogen and oxygen atoms in total. The summed E-state index contributed by atoms with van der Waals surface area (Å²) in [6, 6.07) is -0.298. The second-order valence-electron chi connectivity index (χ2n) is 5.93. The Morgan fingerprint density at radius 1 is 1.13 bits per heavy atom. The van der Waals surface area contributed by atoms with Crippen molar-refractivity contribution in [1.29, 1.82) is 0 Å². The van der Waals surface area contributed by atoms with Crippen LogP contribution >= 0.6 is 0 Å². The molecule has 1 N–H and O–H groups in total. The van der Waals surface area contributed by atoms with Gasteiger partial charge in [-0.05, 0) is 34.1 Å². The van der Waals surface area contributed by atoms with E-state index < -0.39 is 17.8 Å². The molecule has 23 heavy (non-hydrogen) atoms. The quantitative estimate of drug-likeness (QED) is 0.725. The summed E-state index contributed by atoms with van der Waals surface area (Å²) >= 11 is 0. The average Bonchev–Trinajstić information content (AvgIpc) is 2.92. The van der Waals surface area contributed by atoms with Gasteiger partial charge < -0.3 is 29.0 Å². The van der Waals surface area contributed by atoms with Crippen LogP contribution in [0.4, 0.5) is 4.79 Å². The lowest BCUT2D eigenvalue weighted by Gasteiger charge is -2.23. The van der Waals surface area contributed by atoms with Crippen LogP contribution in [0.25, 0.3) is 0 Å². The lowest BCUT2D eigenvalue weighted by molar-refractivity contribution is -0.172. The first-order chi connectivity index (χ1) is 10.9. The Labute approximate surface area is 135 Å². The van der Waals surface area contributed by atoms with Crippen molar-refractivity contribution >= 4 is 12.1 Å². The minimum Gasteiger partial charge on any atom is -0.464 e. The Bertz CT molecular complexity index is 440. The third kappa shape index (κ3) is 4.55. The van der Waals surface area contributed by atoms with Crippen molar-refractivity contribution < 1.29 is 33.3 Å². The number of fused-ring (bicyclic) bond motifs is 1. The normalized spacial score (nSPS) is 31.5. The summed E-state index contributed by atoms with van der Waals surface area (Å²) in [5, 5.41) is 2.77. The molecule has 1 aliphatic heterocycles. The van der Waals surface area contributed by atoms with Gasteiger partial charge in [0.2, 0.25) is 0 Å². The predicted octanol–water partition coefficient (Wildman–Crippen LogP) is 0.973. The minimum absolute atomic E-state index is 0.155. The van der Waals surface area contributed by atoms with E-state index in [1.807, 2.05) is 0 Å². The van der Waals surface area contributed by atoms with Crippen LogP contribution in [0.1, 0.15) is 34.1 Å². The zero-order valence-corrected chi connectivity index (χ0v) is 14.0. The molecule has 0 aromatic rings. The molecule has 0 bridgehead atoms. The van der Waals surface area contributed by atoms with Gasteiger partial charge in [-0.2, -0.15) is 0 Å². The average molecular weight is 331 g/mol. The highest BCUT2D eigenvalue weighted by Crippen LogP contribution is 2.39. The number of amides is 1. The van der Waals surface area contributed by atoms with Crippen molar-refractivity contribution in [2.24, 2.45) is 0 Å². The highest BCUT2D eigenvalue weighted by Gasteiger charge is 2.55. The van der Waals surface area contributed by atoms with Crippen LogP contribution in [0, 0.1) is 0 Å². The van der Waals surface area contributed by atoms with E-state index in [1.54, 1.807) is 27.7 Å². The molecule has 1 amide bonds. The van der Waals surface area contributed by atoms with E-state index in [0.29, 0.717) is 13.0 Å². The molecule has 0 radical (unpaired) electrons. The number of alkyl carbamates (subject to hydrolysis) is 1. The van der Waals surface area contributed by atoms with E-state index in [0.717, 1.165) is 0 Å². The summed E-state index contributed by atoms with van der Waals surface area (Å²) in [5.41, 5.74) is 0. The maximum Gasteiger partial charge on any atom is 0.407 e. The highest BCUT2D eigenvalue weighted by molar-refractivity contribution is 5.70. The van der Waals surface area contributed by atoms with Crippen LogP contribution < -0.4 is 5.32 Å². The monoisotopic (exact) mass is 331 g/mol. The SMILES string of the molecule is CCOC(=O)COC1CC(NC(=O)OCC)[C@@H]2OC(C)(C)O[C@H]12. The number of hydrogen-bond donors (Lipinski definition) is 1. The zero-order chi connectivity index (χ0) is 17.0. The first-order valence-electron chi connectivity index (χ1n) is 7.92. The van der Waals surface area contributed by atoms with Gasteiger partial charge in [-0.1, -0.05) is 0 Å². The molecule has 2 aliphatic rings. The van der Waals surface area contributed by atoms with Crippen LogP contribution in [-0.2, 0) is 28.5 Å². The van der Waals surface area contributed by atoms with Gasteiger partial charge in [-0.3, -0.25) is 0 Å². The van der Waals surface area contributed by atoms with Crippen molar-refractivity contribution in [3.63, 3.8) is 0 Å². The Morgan fingerprint density at radius 2 is 1.78 bits per heavy atom. The van der Waals surface area contributed by atoms with Gasteiger partial charge in [-0.15, -0.1) is 0 Å². The molecule has 2 unspecified atom stereocenters. The second-order valence-corrected chi connectivity index (χ2v) is 5.93. The van der Waals surface area contributed by atoms with Gasteiger partial charge in [0.15, 0.2) is 5.79 Å². The summed E-state index contributed by atoms with van der Waals surface area (Å²) in [4.78, 5) is 23.1. The largest absolute Gasteiger partial charge is 0.464 e. The van der Waals surface area contributed by atoms with Gasteiger partial charge in [0.1, 0.15) is 18.8 Å². The number of nitrogens with one attached hydrogen (secondary N) is 1. The molecule has 4 atom stereocenters. The molecule has 0 aromatic carbocycles. The van der Waals surface area contributed by atoms with E-state index in [9.17, 15) is 9.59 Å². The first kappa shape index (κ1) is 18.0. The molecule has 132 valence electrons. The highest BCUT2D eigenvalue weighted by atomic mass is 16.8. The van der Waals surface area contributed by atoms with Crippen LogP contribution in [0.3, 0.4) is 0 Å². The summed E-state index contributed by atoms with van der Waals surface area (Å²) in [6.45, 7) is 7.51. The molecule has 1 heterocycles. The smallest absolute Gasteiger partial charge is 0.407 e. The van der Waals surface area contributed by atoms with Crippen LogP contribution in [0.15, 0.2) is 0 Å². The Morgan fingerprint density at radius 3 is 2.43 bits per heavy atom. The molecule has 1 aliphatic carbocycles. The molecule has 2 rings (SSSR count). The van der Waals surface area contributed by atoms with Crippen molar-refractivity contribution in [3.8, 4) is 0 Å². The van der Waals surface area contributed by atoms with Crippen LogP contribution in [0.5, 0.6) is 0 Å². The summed E-state index contributed by atoms with van der Waals surface area (Å²) in [6.07, 6.45) is -1.09. The Kier molecular flexibility index (Phi) is 5.83. The Balaban J connectivity index is 1.97. The van der Waals surface area contributed by atoms with E-state index in [1.165, 1.54) is 0 Å². The molecular formula is C15H25NO7. The van der Waals surface area contributed by atoms with Gasteiger partial charge >= 0.3 is 12.1 Å². The second kappa shape index (κ2) is 7.46. The van der Waals surface area contributed by atoms with Gasteiger partial charge in [-0.25, -0.2) is 9.59 Å². The lowest BCUT2D eigenvalue weighted by Crippen LogP contribution is -2.43. The fourth-order valence-electron chi connectivity index (χ4n) is 2.94. The van der Waals surface area contributed by atoms with Crippen molar-refractivity contribution in [2.45, 2.75) is 64.3 Å². The van der Waals surface area contributed by atoms with Gasteiger partial charge in [0, 0.05) is 0 Å². The summed E-state index contributed by atoms with van der Waals surface area (Å²) in [7, 11) is 0. The molecule has 1 saturated carbocycles. The minimum atomic E-state index is -0.768. The molecule has 0 spiro atoms. The van der Waals surface area contributed by atoms with Crippen molar-refractivity contribution in [1.82, 2.24) is 5.32 Å². The topological polar surface area (TPSA) is 92.3 Å². The molecular weight excluding hydrogens is 306 g/mol. The van der Waals surface area contributed by atoms with E-state index in [-0.39, 0.29) is 37.6 Å². The lowest BCUT2D eigenvalue weighted by atomic mass is 10.2. The summed E-state index contributed by atoms with van der Waals surface area (Å²) < 4.78 is 27.1. The summed E-state index contributed by atoms with van der Waals surface area (Å²) in [5.74, 6) is -1.19. The number of carbonyl (C=O) groups excluding carboxylic acids is 2. The third-order valence-electron chi connectivity index (χ3n) is 3.71. The Hall–Kier alpha value is -1.38. The van der Waals surface area contributed by atoms with E-state index >= 15 is 0 Å². The fourth-order valence-corrected chi connectivity index (χ4v) is 2.94. The maximum absolute atomic E-state index is 11.7. The predicted molar refractivity (Wildman–Crippen MR) is 78.8 cm³/mol. The molecule has 8 heteroatoms. The maximum atomic E-state index is 11.7. The standard InChI is InChI=1S/C15H25NO7/c1-5-19-11(17)8-21-10-7-9(16-14(18)20-6-2)12-13(10)23-15(3,4)22-12/h9-10,12-13H,5-8H2,1-4H3,(H,16,18)/t9?,10?,12-,13+/m0/s1. The molecule has 2 fully saturated rings. The van der Waals surface area contributed by atoms with Crippen LogP contribution in [-0.4, -0.2) is 62.0 Å². The number of hydrogen-bond acceptors (Lipinski definition) is 7. The van der Waals surface area contributed by atoms with Crippen LogP contribution in [0.2, 0.25) is 0 Å². The van der Waals surface area contributed by atoms with Crippen molar-refractivity contribution in [3.05, 3.63) is 0 Å². The fraction of sp³-hybridized carbons (Fsp3) is 0.867. The number of ether oxygens (including phenoxy) is 5. The van der Waals surface area contributed by atoms with E-state index in [4.69, 9.17) is 23.7 Å². The number of carbonyl (C=O) groups is 2. The van der Waals surface area contributed by atoms with Gasteiger partial charge in [0.05, 0.1) is 25.4 Å².